The molecule has 37 heavy (non-hydrogen) atoms. The number of hydrogen-bond acceptors (Lipinski definition) is 8. The molecule has 0 radical (unpaired) electrons. The number of rotatable bonds is 15. The van der Waals surface area contributed by atoms with Crippen LogP contribution in [0, 0.1) is 0 Å². The van der Waals surface area contributed by atoms with Crippen LogP contribution >= 0.6 is 12.6 Å². The molecule has 1 aromatic carbocycles. The fraction of sp³-hybridized carbons (Fsp3) is 0.391. The Bertz CT molecular complexity index is 1070. The van der Waals surface area contributed by atoms with Crippen LogP contribution in [-0.2, 0) is 36.8 Å². The zero-order chi connectivity index (χ0) is 27.4. The standard InChI is InChI=1S/C23H31N7O6S/c24-15(11-37)20(32)28-16(6-7-19(25)31)21(33)29-17(8-13-4-2-1-3-5-13)22(34)30-18(23(35)36)9-14-10-26-12-27-14/h1-5,10,12,15-18,37H,6-9,11,24H2,(H2,25,31)(H,26,27)(H,28,32)(H,29,33)(H,30,34)(H,35,36). The largest absolute Gasteiger partial charge is 0.480 e. The lowest BCUT2D eigenvalue weighted by atomic mass is 10.0. The highest BCUT2D eigenvalue weighted by Gasteiger charge is 2.30. The quantitative estimate of drug-likeness (QED) is 0.122. The first-order valence-corrected chi connectivity index (χ1v) is 12.0. The van der Waals surface area contributed by atoms with Crippen molar-refractivity contribution >= 4 is 42.2 Å². The molecule has 4 amide bonds. The minimum atomic E-state index is -1.30. The number of aromatic amines is 1. The fourth-order valence-electron chi connectivity index (χ4n) is 3.34. The lowest BCUT2D eigenvalue weighted by Gasteiger charge is -2.25. The summed E-state index contributed by atoms with van der Waals surface area (Å²) in [5.74, 6) is -4.14. The minimum Gasteiger partial charge on any atom is -0.480 e. The third kappa shape index (κ3) is 9.93. The van der Waals surface area contributed by atoms with Crippen molar-refractivity contribution in [1.82, 2.24) is 25.9 Å². The van der Waals surface area contributed by atoms with Gasteiger partial charge < -0.3 is 37.5 Å². The number of nitrogens with two attached hydrogens (primary N) is 2. The molecule has 13 nitrogen and oxygen atoms in total. The van der Waals surface area contributed by atoms with E-state index in [1.54, 1.807) is 30.3 Å². The van der Waals surface area contributed by atoms with E-state index in [0.29, 0.717) is 11.3 Å². The van der Waals surface area contributed by atoms with Crippen molar-refractivity contribution in [2.45, 2.75) is 49.9 Å². The van der Waals surface area contributed by atoms with Crippen LogP contribution in [0.1, 0.15) is 24.1 Å². The lowest BCUT2D eigenvalue weighted by molar-refractivity contribution is -0.142. The number of carbonyl (C=O) groups excluding carboxylic acids is 4. The average molecular weight is 534 g/mol. The van der Waals surface area contributed by atoms with Crippen LogP contribution in [0.25, 0.3) is 0 Å². The summed E-state index contributed by atoms with van der Waals surface area (Å²) < 4.78 is 0. The highest BCUT2D eigenvalue weighted by atomic mass is 32.1. The molecule has 2 rings (SSSR count). The van der Waals surface area contributed by atoms with Crippen LogP contribution in [0.4, 0.5) is 0 Å². The molecule has 0 bridgehead atoms. The maximum absolute atomic E-state index is 13.2. The monoisotopic (exact) mass is 533 g/mol. The predicted octanol–water partition coefficient (Wildman–Crippen LogP) is -1.74. The number of carbonyl (C=O) groups is 5. The highest BCUT2D eigenvalue weighted by Crippen LogP contribution is 2.07. The number of carboxylic acid groups (broad SMARTS) is 1. The molecule has 1 aromatic heterocycles. The number of nitrogens with one attached hydrogen (secondary N) is 4. The molecule has 0 aliphatic heterocycles. The zero-order valence-corrected chi connectivity index (χ0v) is 20.8. The van der Waals surface area contributed by atoms with Crippen molar-refractivity contribution in [3.8, 4) is 0 Å². The van der Waals surface area contributed by atoms with E-state index in [4.69, 9.17) is 11.5 Å². The number of aromatic nitrogens is 2. The normalized spacial score (nSPS) is 14.0. The van der Waals surface area contributed by atoms with Crippen molar-refractivity contribution < 1.29 is 29.1 Å². The SMILES string of the molecule is NC(=O)CCC(NC(=O)C(N)CS)C(=O)NC(Cc1ccccc1)C(=O)NC(Cc1cnc[nH]1)C(=O)O. The van der Waals surface area contributed by atoms with Gasteiger partial charge in [-0.05, 0) is 12.0 Å². The van der Waals surface area contributed by atoms with Crippen molar-refractivity contribution in [1.29, 1.82) is 0 Å². The first kappa shape index (κ1) is 29.3. The smallest absolute Gasteiger partial charge is 0.326 e. The number of hydrogen-bond donors (Lipinski definition) is 8. The molecule has 4 atom stereocenters. The Balaban J connectivity index is 2.23. The Labute approximate surface area is 218 Å². The Hall–Kier alpha value is -3.91. The van der Waals surface area contributed by atoms with E-state index in [9.17, 15) is 29.1 Å². The van der Waals surface area contributed by atoms with Crippen LogP contribution < -0.4 is 27.4 Å². The number of imidazole rings is 1. The molecule has 200 valence electrons. The van der Waals surface area contributed by atoms with E-state index in [0.717, 1.165) is 0 Å². The molecule has 1 heterocycles. The van der Waals surface area contributed by atoms with Gasteiger partial charge in [-0.15, -0.1) is 0 Å². The predicted molar refractivity (Wildman–Crippen MR) is 136 cm³/mol. The highest BCUT2D eigenvalue weighted by molar-refractivity contribution is 7.80. The number of benzene rings is 1. The van der Waals surface area contributed by atoms with Gasteiger partial charge in [0.25, 0.3) is 0 Å². The van der Waals surface area contributed by atoms with Gasteiger partial charge in [0.1, 0.15) is 18.1 Å². The summed E-state index contributed by atoms with van der Waals surface area (Å²) in [7, 11) is 0. The molecule has 0 fully saturated rings. The van der Waals surface area contributed by atoms with Gasteiger partial charge in [0.2, 0.25) is 23.6 Å². The maximum Gasteiger partial charge on any atom is 0.326 e. The number of thiol groups is 1. The van der Waals surface area contributed by atoms with Gasteiger partial charge in [-0.3, -0.25) is 19.2 Å². The second-order valence-electron chi connectivity index (χ2n) is 8.29. The summed E-state index contributed by atoms with van der Waals surface area (Å²) in [6.45, 7) is 0. The number of H-pyrrole nitrogens is 1. The van der Waals surface area contributed by atoms with E-state index in [1.807, 2.05) is 0 Å². The zero-order valence-electron chi connectivity index (χ0n) is 19.9. The summed E-state index contributed by atoms with van der Waals surface area (Å²) in [6.07, 6.45) is 2.44. The van der Waals surface area contributed by atoms with Gasteiger partial charge in [-0.2, -0.15) is 12.6 Å². The molecule has 0 spiro atoms. The van der Waals surface area contributed by atoms with E-state index in [1.165, 1.54) is 12.5 Å². The second-order valence-corrected chi connectivity index (χ2v) is 8.65. The number of amides is 4. The van der Waals surface area contributed by atoms with E-state index >= 15 is 0 Å². The summed E-state index contributed by atoms with van der Waals surface area (Å²) in [4.78, 5) is 68.3. The Morgan fingerprint density at radius 2 is 1.57 bits per heavy atom. The summed E-state index contributed by atoms with van der Waals surface area (Å²) in [5, 5.41) is 17.1. The molecule has 14 heteroatoms. The van der Waals surface area contributed by atoms with Gasteiger partial charge in [0.05, 0.1) is 12.4 Å². The third-order valence-electron chi connectivity index (χ3n) is 5.35. The second kappa shape index (κ2) is 14.6. The number of aliphatic carboxylic acids is 1. The van der Waals surface area contributed by atoms with Gasteiger partial charge in [-0.1, -0.05) is 30.3 Å². The van der Waals surface area contributed by atoms with E-state index < -0.39 is 53.8 Å². The van der Waals surface area contributed by atoms with Crippen LogP contribution in [0.5, 0.6) is 0 Å². The summed E-state index contributed by atoms with van der Waals surface area (Å²) >= 11 is 3.96. The van der Waals surface area contributed by atoms with Crippen molar-refractivity contribution in [2.24, 2.45) is 11.5 Å². The Morgan fingerprint density at radius 3 is 2.14 bits per heavy atom. The third-order valence-corrected chi connectivity index (χ3v) is 5.75. The van der Waals surface area contributed by atoms with Crippen molar-refractivity contribution in [3.05, 3.63) is 54.1 Å². The lowest BCUT2D eigenvalue weighted by Crippen LogP contribution is -2.58. The van der Waals surface area contributed by atoms with E-state index in [-0.39, 0.29) is 31.4 Å². The molecular weight excluding hydrogens is 502 g/mol. The Morgan fingerprint density at radius 1 is 0.946 bits per heavy atom. The molecule has 0 aliphatic carbocycles. The average Bonchev–Trinajstić information content (AvgIpc) is 3.38. The van der Waals surface area contributed by atoms with Crippen LogP contribution in [0.3, 0.4) is 0 Å². The van der Waals surface area contributed by atoms with Crippen LogP contribution in [0.15, 0.2) is 42.9 Å². The molecule has 9 N–H and O–H groups in total. The summed E-state index contributed by atoms with van der Waals surface area (Å²) in [5.41, 5.74) is 12.1. The molecule has 0 aliphatic rings. The molecular formula is C23H31N7O6S. The number of nitrogens with zero attached hydrogens (tertiary/aromatic N) is 1. The van der Waals surface area contributed by atoms with Gasteiger partial charge in [0, 0.05) is 36.9 Å². The van der Waals surface area contributed by atoms with Gasteiger partial charge >= 0.3 is 5.97 Å². The van der Waals surface area contributed by atoms with E-state index in [2.05, 4.69) is 38.5 Å². The molecule has 0 saturated carbocycles. The maximum atomic E-state index is 13.2. The minimum absolute atomic E-state index is 0.0158. The fourth-order valence-corrected chi connectivity index (χ4v) is 3.50. The molecule has 2 aromatic rings. The first-order valence-electron chi connectivity index (χ1n) is 11.4. The van der Waals surface area contributed by atoms with Gasteiger partial charge in [-0.25, -0.2) is 9.78 Å². The van der Waals surface area contributed by atoms with Crippen LogP contribution in [0.2, 0.25) is 0 Å². The topological polar surface area (TPSA) is 222 Å². The molecule has 4 unspecified atom stereocenters. The number of primary amides is 1. The van der Waals surface area contributed by atoms with Crippen molar-refractivity contribution in [2.75, 3.05) is 5.75 Å². The van der Waals surface area contributed by atoms with Gasteiger partial charge in [0.15, 0.2) is 0 Å². The number of carboxylic acids is 1. The van der Waals surface area contributed by atoms with Crippen molar-refractivity contribution in [3.63, 3.8) is 0 Å². The Kier molecular flexibility index (Phi) is 11.6. The molecule has 0 saturated heterocycles. The summed E-state index contributed by atoms with van der Waals surface area (Å²) in [6, 6.07) is 4.02. The first-order chi connectivity index (χ1) is 17.6. The van der Waals surface area contributed by atoms with Crippen LogP contribution in [-0.4, -0.2) is 74.6 Å².